The zero-order chi connectivity index (χ0) is 16.2. The van der Waals surface area contributed by atoms with E-state index in [9.17, 15) is 9.59 Å². The topological polar surface area (TPSA) is 71.6 Å². The van der Waals surface area contributed by atoms with Crippen molar-refractivity contribution in [3.8, 4) is 11.5 Å². The van der Waals surface area contributed by atoms with Crippen LogP contribution in [0.4, 0.5) is 5.69 Å². The Kier molecular flexibility index (Phi) is 4.32. The van der Waals surface area contributed by atoms with Gasteiger partial charge in [-0.05, 0) is 18.6 Å². The maximum atomic E-state index is 12.1. The van der Waals surface area contributed by atoms with Crippen molar-refractivity contribution in [1.82, 2.24) is 4.98 Å². The van der Waals surface area contributed by atoms with E-state index in [2.05, 4.69) is 4.98 Å². The number of hydrogen-bond donors (Lipinski definition) is 1. The van der Waals surface area contributed by atoms with Gasteiger partial charge in [0.25, 0.3) is 5.91 Å². The number of fused-ring (bicyclic) bond motifs is 1. The van der Waals surface area contributed by atoms with Gasteiger partial charge in [-0.15, -0.1) is 0 Å². The fourth-order valence-corrected chi connectivity index (χ4v) is 2.41. The number of pyridine rings is 1. The number of aromatic amines is 1. The first-order chi connectivity index (χ1) is 11.2. The molecule has 2 heterocycles. The molecular formula is C17H18N2O4. The van der Waals surface area contributed by atoms with E-state index in [0.717, 1.165) is 6.42 Å². The highest BCUT2D eigenvalue weighted by Gasteiger charge is 2.25. The fraction of sp³-hybridized carbons (Fsp3) is 0.294. The van der Waals surface area contributed by atoms with Crippen LogP contribution in [0.5, 0.6) is 11.5 Å². The van der Waals surface area contributed by atoms with E-state index >= 15 is 0 Å². The summed E-state index contributed by atoms with van der Waals surface area (Å²) in [4.78, 5) is 28.8. The first-order valence-corrected chi connectivity index (χ1v) is 7.55. The van der Waals surface area contributed by atoms with E-state index < -0.39 is 0 Å². The summed E-state index contributed by atoms with van der Waals surface area (Å²) in [7, 11) is 0. The van der Waals surface area contributed by atoms with Crippen LogP contribution in [0.25, 0.3) is 0 Å². The van der Waals surface area contributed by atoms with Gasteiger partial charge in [-0.3, -0.25) is 9.59 Å². The number of benzene rings is 1. The Hall–Kier alpha value is -2.76. The normalized spacial score (nSPS) is 13.4. The summed E-state index contributed by atoms with van der Waals surface area (Å²) in [6.07, 6.45) is 2.38. The van der Waals surface area contributed by atoms with Crippen LogP contribution in [0.15, 0.2) is 41.3 Å². The minimum atomic E-state index is -0.193. The van der Waals surface area contributed by atoms with Crippen molar-refractivity contribution in [1.29, 1.82) is 0 Å². The van der Waals surface area contributed by atoms with Crippen LogP contribution >= 0.6 is 0 Å². The van der Waals surface area contributed by atoms with Crippen LogP contribution in [0.2, 0.25) is 0 Å². The van der Waals surface area contributed by atoms with Gasteiger partial charge in [-0.25, -0.2) is 0 Å². The molecule has 1 amide bonds. The molecule has 120 valence electrons. The van der Waals surface area contributed by atoms with E-state index in [-0.39, 0.29) is 24.5 Å². The lowest BCUT2D eigenvalue weighted by atomic mass is 10.2. The molecule has 1 aromatic carbocycles. The Morgan fingerprint density at radius 2 is 2.13 bits per heavy atom. The van der Waals surface area contributed by atoms with Crippen molar-refractivity contribution < 1.29 is 14.3 Å². The van der Waals surface area contributed by atoms with Crippen molar-refractivity contribution in [2.45, 2.75) is 19.9 Å². The number of nitrogens with one attached hydrogen (secondary N) is 1. The summed E-state index contributed by atoms with van der Waals surface area (Å²) in [6, 6.07) is 8.81. The standard InChI is InChI=1S/C17H18N2O4/c1-2-7-22-16-9-18-12(8-14(16)20)10-19-13-5-3-4-6-15(13)23-11-17(19)21/h3-6,8-9H,2,7,10-11H2,1H3,(H,18,20). The molecule has 0 saturated carbocycles. The van der Waals surface area contributed by atoms with Gasteiger partial charge in [0.1, 0.15) is 5.75 Å². The van der Waals surface area contributed by atoms with Crippen LogP contribution in [0.3, 0.4) is 0 Å². The number of para-hydroxylation sites is 2. The van der Waals surface area contributed by atoms with Crippen molar-refractivity contribution in [3.05, 3.63) is 52.4 Å². The lowest BCUT2D eigenvalue weighted by molar-refractivity contribution is -0.121. The second-order valence-electron chi connectivity index (χ2n) is 5.27. The minimum absolute atomic E-state index is 0.00105. The third-order valence-corrected chi connectivity index (χ3v) is 3.54. The van der Waals surface area contributed by atoms with E-state index in [4.69, 9.17) is 9.47 Å². The molecule has 0 fully saturated rings. The number of aromatic nitrogens is 1. The summed E-state index contributed by atoms with van der Waals surface area (Å²) in [5.74, 6) is 0.817. The molecule has 3 rings (SSSR count). The lowest BCUT2D eigenvalue weighted by Crippen LogP contribution is -2.38. The number of H-pyrrole nitrogens is 1. The molecule has 0 saturated heterocycles. The molecule has 6 nitrogen and oxygen atoms in total. The average Bonchev–Trinajstić information content (AvgIpc) is 2.57. The van der Waals surface area contributed by atoms with Crippen LogP contribution in [-0.2, 0) is 11.3 Å². The van der Waals surface area contributed by atoms with E-state index in [1.54, 1.807) is 11.1 Å². The summed E-state index contributed by atoms with van der Waals surface area (Å²) >= 11 is 0. The minimum Gasteiger partial charge on any atom is -0.488 e. The molecule has 1 aromatic heterocycles. The molecule has 0 radical (unpaired) electrons. The number of hydrogen-bond acceptors (Lipinski definition) is 4. The van der Waals surface area contributed by atoms with Crippen LogP contribution in [0.1, 0.15) is 19.0 Å². The average molecular weight is 314 g/mol. The number of anilines is 1. The van der Waals surface area contributed by atoms with Gasteiger partial charge in [0.15, 0.2) is 12.4 Å². The zero-order valence-electron chi connectivity index (χ0n) is 12.9. The predicted octanol–water partition coefficient (Wildman–Crippen LogP) is 2.09. The van der Waals surface area contributed by atoms with Gasteiger partial charge in [-0.2, -0.15) is 0 Å². The van der Waals surface area contributed by atoms with Gasteiger partial charge in [0.2, 0.25) is 5.43 Å². The maximum Gasteiger partial charge on any atom is 0.265 e. The summed E-state index contributed by atoms with van der Waals surface area (Å²) in [5.41, 5.74) is 1.15. The number of ether oxygens (including phenoxy) is 2. The van der Waals surface area contributed by atoms with Crippen molar-refractivity contribution in [3.63, 3.8) is 0 Å². The van der Waals surface area contributed by atoms with Crippen LogP contribution < -0.4 is 19.8 Å². The predicted molar refractivity (Wildman–Crippen MR) is 86.0 cm³/mol. The Bertz CT molecular complexity index is 769. The Balaban J connectivity index is 1.83. The number of carbonyl (C=O) groups is 1. The maximum absolute atomic E-state index is 12.1. The largest absolute Gasteiger partial charge is 0.488 e. The van der Waals surface area contributed by atoms with E-state index in [1.165, 1.54) is 6.07 Å². The molecule has 1 N–H and O–H groups in total. The Labute approximate surface area is 133 Å². The molecule has 0 unspecified atom stereocenters. The molecule has 0 spiro atoms. The molecule has 0 bridgehead atoms. The second-order valence-corrected chi connectivity index (χ2v) is 5.27. The van der Waals surface area contributed by atoms with Crippen LogP contribution in [-0.4, -0.2) is 24.1 Å². The molecule has 6 heteroatoms. The van der Waals surface area contributed by atoms with Crippen molar-refractivity contribution >= 4 is 11.6 Å². The molecule has 2 aromatic rings. The van der Waals surface area contributed by atoms with Gasteiger partial charge in [0.05, 0.1) is 18.8 Å². The molecule has 0 atom stereocenters. The van der Waals surface area contributed by atoms with Gasteiger partial charge < -0.3 is 19.4 Å². The molecule has 1 aliphatic heterocycles. The first kappa shape index (κ1) is 15.1. The Morgan fingerprint density at radius 3 is 2.91 bits per heavy atom. The van der Waals surface area contributed by atoms with Crippen molar-refractivity contribution in [2.24, 2.45) is 0 Å². The highest BCUT2D eigenvalue weighted by molar-refractivity contribution is 5.97. The first-order valence-electron chi connectivity index (χ1n) is 7.55. The van der Waals surface area contributed by atoms with Gasteiger partial charge in [0, 0.05) is 18.0 Å². The molecule has 23 heavy (non-hydrogen) atoms. The van der Waals surface area contributed by atoms with Crippen molar-refractivity contribution in [2.75, 3.05) is 18.1 Å². The summed E-state index contributed by atoms with van der Waals surface area (Å²) in [6.45, 7) is 2.75. The molecule has 1 aliphatic rings. The summed E-state index contributed by atoms with van der Waals surface area (Å²) < 4.78 is 10.8. The fourth-order valence-electron chi connectivity index (χ4n) is 2.41. The van der Waals surface area contributed by atoms with E-state index in [0.29, 0.717) is 29.5 Å². The summed E-state index contributed by atoms with van der Waals surface area (Å²) in [5, 5.41) is 0. The highest BCUT2D eigenvalue weighted by atomic mass is 16.5. The monoisotopic (exact) mass is 314 g/mol. The molecular weight excluding hydrogens is 296 g/mol. The third-order valence-electron chi connectivity index (χ3n) is 3.54. The molecule has 0 aliphatic carbocycles. The van der Waals surface area contributed by atoms with E-state index in [1.807, 2.05) is 31.2 Å². The zero-order valence-corrected chi connectivity index (χ0v) is 12.9. The lowest BCUT2D eigenvalue weighted by Gasteiger charge is -2.29. The second kappa shape index (κ2) is 6.56. The number of carbonyl (C=O) groups excluding carboxylic acids is 1. The highest BCUT2D eigenvalue weighted by Crippen LogP contribution is 2.32. The smallest absolute Gasteiger partial charge is 0.265 e. The van der Waals surface area contributed by atoms with Crippen LogP contribution in [0, 0.1) is 0 Å². The number of nitrogens with zero attached hydrogens (tertiary/aromatic N) is 1. The number of rotatable bonds is 5. The quantitative estimate of drug-likeness (QED) is 0.917. The SMILES string of the molecule is CCCOc1c[nH]c(CN2C(=O)COc3ccccc32)cc1=O. The van der Waals surface area contributed by atoms with Gasteiger partial charge >= 0.3 is 0 Å². The third kappa shape index (κ3) is 3.21. The van der Waals surface area contributed by atoms with Gasteiger partial charge in [-0.1, -0.05) is 19.1 Å². The Morgan fingerprint density at radius 1 is 1.30 bits per heavy atom. The number of amides is 1.